The number of aromatic nitrogens is 1. The minimum Gasteiger partial charge on any atom is -0.497 e. The second-order valence-corrected chi connectivity index (χ2v) is 16.1. The Morgan fingerprint density at radius 1 is 0.714 bits per heavy atom. The molecule has 6 unspecified atom stereocenters. The normalized spacial score (nSPS) is 23.2. The summed E-state index contributed by atoms with van der Waals surface area (Å²) in [6.07, 6.45) is 1.50. The number of carbonyl (C=O) groups is 5. The molecule has 6 atom stereocenters. The van der Waals surface area contributed by atoms with E-state index in [-0.39, 0.29) is 30.4 Å². The van der Waals surface area contributed by atoms with E-state index < -0.39 is 65.7 Å². The third kappa shape index (κ3) is 10.7. The number of nitrogens with zero attached hydrogens (tertiary/aromatic N) is 3. The zero-order valence-electron chi connectivity index (χ0n) is 34.3. The molecule has 304 valence electrons. The average molecular weight is 791 g/mol. The number of ether oxygens (including phenoxy) is 2. The van der Waals surface area contributed by atoms with E-state index in [1.807, 2.05) is 58.9 Å². The molecule has 0 fully saturated rings. The minimum atomic E-state index is -1.06. The Morgan fingerprint density at radius 2 is 1.21 bits per heavy atom. The second kappa shape index (κ2) is 19.7. The van der Waals surface area contributed by atoms with Crippen LogP contribution >= 0.6 is 11.3 Å². The first-order valence-electron chi connectivity index (χ1n) is 19.3. The minimum absolute atomic E-state index is 0.128. The Morgan fingerprint density at radius 3 is 1.71 bits per heavy atom. The lowest BCUT2D eigenvalue weighted by atomic mass is 9.94. The van der Waals surface area contributed by atoms with E-state index in [1.54, 1.807) is 64.9 Å². The number of amides is 5. The summed E-state index contributed by atoms with van der Waals surface area (Å²) in [7, 11) is 6.27. The molecule has 14 heteroatoms. The van der Waals surface area contributed by atoms with E-state index in [2.05, 4.69) is 20.9 Å². The van der Waals surface area contributed by atoms with Gasteiger partial charge < -0.3 is 35.2 Å². The van der Waals surface area contributed by atoms with Crippen molar-refractivity contribution in [1.29, 1.82) is 0 Å². The van der Waals surface area contributed by atoms with Crippen LogP contribution in [-0.2, 0) is 32.0 Å². The monoisotopic (exact) mass is 790 g/mol. The highest BCUT2D eigenvalue weighted by atomic mass is 32.1. The molecule has 0 saturated heterocycles. The van der Waals surface area contributed by atoms with Crippen molar-refractivity contribution in [3.8, 4) is 11.5 Å². The molecule has 0 radical (unpaired) electrons. The van der Waals surface area contributed by atoms with Crippen LogP contribution in [0.3, 0.4) is 0 Å². The smallest absolute Gasteiger partial charge is 0.271 e. The zero-order valence-corrected chi connectivity index (χ0v) is 35.1. The van der Waals surface area contributed by atoms with Crippen molar-refractivity contribution in [3.05, 3.63) is 75.7 Å². The number of methoxy groups -OCH3 is 2. The summed E-state index contributed by atoms with van der Waals surface area (Å²) in [6.45, 7) is 11.3. The fraction of sp³-hybridized carbons (Fsp3) is 0.524. The summed E-state index contributed by atoms with van der Waals surface area (Å²) in [5.74, 6) is -2.05. The van der Waals surface area contributed by atoms with Gasteiger partial charge in [-0.05, 0) is 53.6 Å². The number of likely N-dealkylation sites (N-methyl/N-ethyl adjacent to an activating group) is 2. The average Bonchev–Trinajstić information content (AvgIpc) is 3.68. The maximum atomic E-state index is 14.9. The maximum absolute atomic E-state index is 14.9. The Bertz CT molecular complexity index is 1810. The van der Waals surface area contributed by atoms with Crippen LogP contribution in [0.1, 0.15) is 87.0 Å². The van der Waals surface area contributed by atoms with Crippen LogP contribution in [0.15, 0.2) is 53.9 Å². The predicted octanol–water partition coefficient (Wildman–Crippen LogP) is 4.80. The molecule has 0 saturated carbocycles. The van der Waals surface area contributed by atoms with E-state index in [4.69, 9.17) is 9.47 Å². The van der Waals surface area contributed by atoms with Crippen molar-refractivity contribution in [2.75, 3.05) is 28.3 Å². The summed E-state index contributed by atoms with van der Waals surface area (Å²) < 4.78 is 10.7. The van der Waals surface area contributed by atoms with Gasteiger partial charge in [0.1, 0.15) is 40.3 Å². The molecule has 13 nitrogen and oxygen atoms in total. The van der Waals surface area contributed by atoms with Crippen molar-refractivity contribution in [2.45, 2.75) is 97.4 Å². The fourth-order valence-electron chi connectivity index (χ4n) is 6.81. The molecule has 1 aliphatic heterocycles. The third-order valence-electron chi connectivity index (χ3n) is 10.5. The first-order chi connectivity index (χ1) is 26.6. The summed E-state index contributed by atoms with van der Waals surface area (Å²) in [6, 6.07) is 10.3. The Hall–Kier alpha value is -4.98. The van der Waals surface area contributed by atoms with Crippen molar-refractivity contribution in [2.24, 2.45) is 17.8 Å². The molecule has 2 heterocycles. The van der Waals surface area contributed by atoms with Crippen LogP contribution in [0.2, 0.25) is 0 Å². The van der Waals surface area contributed by atoms with Gasteiger partial charge in [-0.3, -0.25) is 24.0 Å². The number of fused-ring (bicyclic) bond motifs is 2. The van der Waals surface area contributed by atoms with Crippen LogP contribution in [0, 0.1) is 17.8 Å². The van der Waals surface area contributed by atoms with Gasteiger partial charge in [-0.25, -0.2) is 4.98 Å². The molecule has 2 bridgehead atoms. The Kier molecular flexibility index (Phi) is 15.4. The highest BCUT2D eigenvalue weighted by molar-refractivity contribution is 7.09. The third-order valence-corrected chi connectivity index (χ3v) is 11.5. The lowest BCUT2D eigenvalue weighted by molar-refractivity contribution is -0.149. The first-order valence-corrected chi connectivity index (χ1v) is 20.1. The van der Waals surface area contributed by atoms with Gasteiger partial charge in [0, 0.05) is 38.4 Å². The number of hydrogen-bond donors (Lipinski definition) is 3. The number of rotatable bonds is 10. The quantitative estimate of drug-likeness (QED) is 0.264. The molecule has 3 aromatic rings. The van der Waals surface area contributed by atoms with Crippen molar-refractivity contribution in [1.82, 2.24) is 30.7 Å². The van der Waals surface area contributed by atoms with Gasteiger partial charge in [0.2, 0.25) is 23.6 Å². The van der Waals surface area contributed by atoms with E-state index in [1.165, 1.54) is 21.1 Å². The number of benzene rings is 2. The molecular formula is C42H58N6O7S. The predicted molar refractivity (Wildman–Crippen MR) is 216 cm³/mol. The van der Waals surface area contributed by atoms with Gasteiger partial charge >= 0.3 is 0 Å². The summed E-state index contributed by atoms with van der Waals surface area (Å²) in [4.78, 5) is 79.0. The van der Waals surface area contributed by atoms with Crippen LogP contribution in [0.25, 0.3) is 0 Å². The molecule has 1 aromatic heterocycles. The van der Waals surface area contributed by atoms with Crippen LogP contribution in [0.5, 0.6) is 11.5 Å². The summed E-state index contributed by atoms with van der Waals surface area (Å²) in [5, 5.41) is 11.3. The van der Waals surface area contributed by atoms with Gasteiger partial charge in [0.25, 0.3) is 5.91 Å². The molecule has 5 amide bonds. The Labute approximate surface area is 334 Å². The standard InChI is InChI=1S/C42H58N6O7S/c1-11-12-31-26(6)37(49)46-36(25(4)5)42(53)48(8)34(22-28-15-19-30(55-10)20-16-28)41(52)47(7)33(21-27-13-17-29(54-9)18-14-27)39(51)45-35(24(2)3)40-44-32(23-56-40)38(50)43-31/h13-20,23-26,31,33-36H,11-12,21-22H2,1-10H3,(H,43,50)(H,45,51)(H,46,49). The van der Waals surface area contributed by atoms with Crippen molar-refractivity contribution in [3.63, 3.8) is 0 Å². The molecule has 0 aliphatic carbocycles. The number of thiazole rings is 1. The molecule has 3 N–H and O–H groups in total. The molecule has 4 rings (SSSR count). The number of hydrogen-bond acceptors (Lipinski definition) is 9. The molecule has 0 spiro atoms. The van der Waals surface area contributed by atoms with Crippen LogP contribution in [-0.4, -0.2) is 96.8 Å². The van der Waals surface area contributed by atoms with Gasteiger partial charge in [-0.15, -0.1) is 11.3 Å². The zero-order chi connectivity index (χ0) is 41.3. The second-order valence-electron chi connectivity index (χ2n) is 15.2. The van der Waals surface area contributed by atoms with E-state index in [0.717, 1.165) is 11.1 Å². The largest absolute Gasteiger partial charge is 0.497 e. The van der Waals surface area contributed by atoms with E-state index in [0.29, 0.717) is 29.3 Å². The lowest BCUT2D eigenvalue weighted by Gasteiger charge is -2.37. The Balaban J connectivity index is 1.87. The van der Waals surface area contributed by atoms with Crippen molar-refractivity contribution >= 4 is 40.9 Å². The molecular weight excluding hydrogens is 733 g/mol. The lowest BCUT2D eigenvalue weighted by Crippen LogP contribution is -2.60. The van der Waals surface area contributed by atoms with Crippen LogP contribution in [0.4, 0.5) is 0 Å². The molecule has 1 aliphatic rings. The van der Waals surface area contributed by atoms with Gasteiger partial charge in [0.05, 0.1) is 26.2 Å². The highest BCUT2D eigenvalue weighted by Crippen LogP contribution is 2.27. The summed E-state index contributed by atoms with van der Waals surface area (Å²) >= 11 is 1.26. The van der Waals surface area contributed by atoms with Gasteiger partial charge in [-0.2, -0.15) is 0 Å². The molecule has 56 heavy (non-hydrogen) atoms. The first kappa shape index (κ1) is 43.7. The number of carbonyl (C=O) groups excluding carboxylic acids is 5. The highest BCUT2D eigenvalue weighted by Gasteiger charge is 2.40. The van der Waals surface area contributed by atoms with Crippen LogP contribution < -0.4 is 25.4 Å². The fourth-order valence-corrected chi connectivity index (χ4v) is 7.83. The SMILES string of the molecule is CCCC1NC(=O)c2csc(n2)C(C(C)C)NC(=O)C(Cc2ccc(OC)cc2)N(C)C(=O)C(Cc2ccc(OC)cc2)N(C)C(=O)C(C(C)C)NC(=O)C1C. The number of nitrogens with one attached hydrogen (secondary N) is 3. The van der Waals surface area contributed by atoms with Crippen molar-refractivity contribution < 1.29 is 33.4 Å². The van der Waals surface area contributed by atoms with E-state index in [9.17, 15) is 24.0 Å². The summed E-state index contributed by atoms with van der Waals surface area (Å²) in [5.41, 5.74) is 1.73. The van der Waals surface area contributed by atoms with Gasteiger partial charge in [0.15, 0.2) is 0 Å². The maximum Gasteiger partial charge on any atom is 0.271 e. The van der Waals surface area contributed by atoms with E-state index >= 15 is 0 Å². The topological polar surface area (TPSA) is 159 Å². The van der Waals surface area contributed by atoms with Gasteiger partial charge in [-0.1, -0.05) is 72.2 Å². The molecule has 2 aromatic carbocycles.